The van der Waals surface area contributed by atoms with Crippen molar-refractivity contribution in [2.75, 3.05) is 5.73 Å². The zero-order valence-corrected chi connectivity index (χ0v) is 11.4. The van der Waals surface area contributed by atoms with Crippen molar-refractivity contribution in [2.45, 2.75) is 45.6 Å². The van der Waals surface area contributed by atoms with Gasteiger partial charge in [-0.05, 0) is 49.8 Å². The highest BCUT2D eigenvalue weighted by Crippen LogP contribution is 2.27. The molecule has 1 aliphatic carbocycles. The highest BCUT2D eigenvalue weighted by Gasteiger charge is 2.24. The number of carbonyl (C=O) groups excluding carboxylic acids is 1. The van der Waals surface area contributed by atoms with Gasteiger partial charge in [0.15, 0.2) is 0 Å². The Kier molecular flexibility index (Phi) is 4.08. The van der Waals surface area contributed by atoms with Gasteiger partial charge in [-0.2, -0.15) is 0 Å². The largest absolute Gasteiger partial charge is 0.459 e. The van der Waals surface area contributed by atoms with Gasteiger partial charge in [0.25, 0.3) is 0 Å². The Hall–Kier alpha value is -1.58. The fourth-order valence-electron chi connectivity index (χ4n) is 2.65. The summed E-state index contributed by atoms with van der Waals surface area (Å²) in [5, 5.41) is 0. The number of anilines is 1. The third-order valence-corrected chi connectivity index (χ3v) is 3.66. The summed E-state index contributed by atoms with van der Waals surface area (Å²) in [5.41, 5.74) is 6.33. The van der Waals surface area contributed by atoms with Gasteiger partial charge in [0.2, 0.25) is 0 Å². The van der Waals surface area contributed by atoms with Crippen LogP contribution in [0.4, 0.5) is 10.1 Å². The molecule has 19 heavy (non-hydrogen) atoms. The maximum atomic E-state index is 13.9. The number of hydrogen-bond acceptors (Lipinski definition) is 3. The van der Waals surface area contributed by atoms with Crippen LogP contribution in [0.25, 0.3) is 0 Å². The van der Waals surface area contributed by atoms with Gasteiger partial charge in [0, 0.05) is 5.69 Å². The normalized spacial score (nSPS) is 23.1. The van der Waals surface area contributed by atoms with Gasteiger partial charge in [-0.25, -0.2) is 9.18 Å². The molecule has 104 valence electrons. The maximum Gasteiger partial charge on any atom is 0.341 e. The molecule has 0 bridgehead atoms. The average Bonchev–Trinajstić information content (AvgIpc) is 2.33. The SMILES string of the molecule is Cc1cc(N)cc(C(=O)OC2CCCC(C)C2)c1F. The molecule has 0 heterocycles. The minimum atomic E-state index is -0.605. The first kappa shape index (κ1) is 13.8. The summed E-state index contributed by atoms with van der Waals surface area (Å²) >= 11 is 0. The fraction of sp³-hybridized carbons (Fsp3) is 0.533. The van der Waals surface area contributed by atoms with E-state index in [0.717, 1.165) is 19.3 Å². The number of nitrogens with two attached hydrogens (primary N) is 1. The maximum absolute atomic E-state index is 13.9. The summed E-state index contributed by atoms with van der Waals surface area (Å²) in [6.45, 7) is 3.73. The van der Waals surface area contributed by atoms with Gasteiger partial charge >= 0.3 is 5.97 Å². The third-order valence-electron chi connectivity index (χ3n) is 3.66. The molecule has 0 radical (unpaired) electrons. The number of hydrogen-bond donors (Lipinski definition) is 1. The van der Waals surface area contributed by atoms with Gasteiger partial charge < -0.3 is 10.5 Å². The molecule has 2 N–H and O–H groups in total. The van der Waals surface area contributed by atoms with Crippen LogP contribution in [-0.2, 0) is 4.74 Å². The van der Waals surface area contributed by atoms with Crippen molar-refractivity contribution in [3.63, 3.8) is 0 Å². The molecule has 1 fully saturated rings. The highest BCUT2D eigenvalue weighted by molar-refractivity contribution is 5.91. The Morgan fingerprint density at radius 3 is 2.84 bits per heavy atom. The number of benzene rings is 1. The van der Waals surface area contributed by atoms with Crippen molar-refractivity contribution < 1.29 is 13.9 Å². The minimum absolute atomic E-state index is 0.0595. The number of esters is 1. The lowest BCUT2D eigenvalue weighted by molar-refractivity contribution is 0.0150. The van der Waals surface area contributed by atoms with E-state index >= 15 is 0 Å². The van der Waals surface area contributed by atoms with E-state index in [-0.39, 0.29) is 11.7 Å². The summed E-state index contributed by atoms with van der Waals surface area (Å²) in [6.07, 6.45) is 3.84. The van der Waals surface area contributed by atoms with E-state index in [2.05, 4.69) is 6.92 Å². The first-order chi connectivity index (χ1) is 8.97. The van der Waals surface area contributed by atoms with Gasteiger partial charge in [-0.3, -0.25) is 0 Å². The third kappa shape index (κ3) is 3.25. The molecule has 0 aliphatic heterocycles. The second-order valence-electron chi connectivity index (χ2n) is 5.50. The Morgan fingerprint density at radius 2 is 2.16 bits per heavy atom. The molecule has 0 aromatic heterocycles. The van der Waals surface area contributed by atoms with E-state index in [1.54, 1.807) is 6.92 Å². The van der Waals surface area contributed by atoms with Crippen LogP contribution < -0.4 is 5.73 Å². The van der Waals surface area contributed by atoms with Crippen molar-refractivity contribution in [3.05, 3.63) is 29.1 Å². The van der Waals surface area contributed by atoms with Crippen molar-refractivity contribution >= 4 is 11.7 Å². The summed E-state index contributed by atoms with van der Waals surface area (Å²) in [6, 6.07) is 2.85. The second kappa shape index (κ2) is 5.59. The van der Waals surface area contributed by atoms with Crippen LogP contribution in [0.2, 0.25) is 0 Å². The van der Waals surface area contributed by atoms with E-state index in [1.807, 2.05) is 0 Å². The molecule has 1 aliphatic rings. The molecule has 2 unspecified atom stereocenters. The van der Waals surface area contributed by atoms with Crippen LogP contribution >= 0.6 is 0 Å². The molecule has 2 rings (SSSR count). The molecule has 1 aromatic rings. The zero-order valence-electron chi connectivity index (χ0n) is 11.4. The van der Waals surface area contributed by atoms with E-state index < -0.39 is 11.8 Å². The molecular weight excluding hydrogens is 245 g/mol. The number of rotatable bonds is 2. The van der Waals surface area contributed by atoms with Crippen LogP contribution in [0, 0.1) is 18.7 Å². The van der Waals surface area contributed by atoms with Gasteiger partial charge in [-0.1, -0.05) is 13.3 Å². The summed E-state index contributed by atoms with van der Waals surface area (Å²) in [5.74, 6) is -0.589. The van der Waals surface area contributed by atoms with Crippen LogP contribution in [0.1, 0.15) is 48.5 Å². The number of nitrogen functional groups attached to an aromatic ring is 1. The average molecular weight is 265 g/mol. The first-order valence-corrected chi connectivity index (χ1v) is 6.74. The summed E-state index contributed by atoms with van der Waals surface area (Å²) in [4.78, 5) is 12.0. The Bertz CT molecular complexity index is 487. The number of ether oxygens (including phenoxy) is 1. The topological polar surface area (TPSA) is 52.3 Å². The number of carbonyl (C=O) groups is 1. The second-order valence-corrected chi connectivity index (χ2v) is 5.50. The van der Waals surface area contributed by atoms with Crippen molar-refractivity contribution in [3.8, 4) is 0 Å². The highest BCUT2D eigenvalue weighted by atomic mass is 19.1. The monoisotopic (exact) mass is 265 g/mol. The molecule has 2 atom stereocenters. The Labute approximate surface area is 112 Å². The lowest BCUT2D eigenvalue weighted by atomic mass is 9.89. The lowest BCUT2D eigenvalue weighted by Gasteiger charge is -2.26. The summed E-state index contributed by atoms with van der Waals surface area (Å²) in [7, 11) is 0. The fourth-order valence-corrected chi connectivity index (χ4v) is 2.65. The smallest absolute Gasteiger partial charge is 0.341 e. The van der Waals surface area contributed by atoms with Gasteiger partial charge in [0.05, 0.1) is 5.56 Å². The predicted molar refractivity (Wildman–Crippen MR) is 72.4 cm³/mol. The van der Waals surface area contributed by atoms with E-state index in [0.29, 0.717) is 17.2 Å². The molecule has 0 saturated heterocycles. The van der Waals surface area contributed by atoms with Crippen LogP contribution in [0.5, 0.6) is 0 Å². The van der Waals surface area contributed by atoms with E-state index in [4.69, 9.17) is 10.5 Å². The molecule has 0 amide bonds. The first-order valence-electron chi connectivity index (χ1n) is 6.74. The predicted octanol–water partition coefficient (Wildman–Crippen LogP) is 3.45. The van der Waals surface area contributed by atoms with Crippen LogP contribution in [0.3, 0.4) is 0 Å². The number of halogens is 1. The molecule has 3 nitrogen and oxygen atoms in total. The molecule has 0 spiro atoms. The Morgan fingerprint density at radius 1 is 1.42 bits per heavy atom. The minimum Gasteiger partial charge on any atom is -0.459 e. The van der Waals surface area contributed by atoms with Gasteiger partial charge in [0.1, 0.15) is 11.9 Å². The zero-order chi connectivity index (χ0) is 14.0. The number of aryl methyl sites for hydroxylation is 1. The van der Waals surface area contributed by atoms with E-state index in [9.17, 15) is 9.18 Å². The summed E-state index contributed by atoms with van der Waals surface area (Å²) < 4.78 is 19.3. The quantitative estimate of drug-likeness (QED) is 0.658. The molecule has 1 saturated carbocycles. The van der Waals surface area contributed by atoms with Crippen LogP contribution in [0.15, 0.2) is 12.1 Å². The van der Waals surface area contributed by atoms with Crippen molar-refractivity contribution in [1.82, 2.24) is 0 Å². The van der Waals surface area contributed by atoms with Crippen LogP contribution in [-0.4, -0.2) is 12.1 Å². The van der Waals surface area contributed by atoms with E-state index in [1.165, 1.54) is 18.6 Å². The standard InChI is InChI=1S/C15H20FNO2/c1-9-4-3-5-12(6-9)19-15(18)13-8-11(17)7-10(2)14(13)16/h7-9,12H,3-6,17H2,1-2H3. The molecule has 1 aromatic carbocycles. The van der Waals surface area contributed by atoms with Gasteiger partial charge in [-0.15, -0.1) is 0 Å². The molecular formula is C15H20FNO2. The Balaban J connectivity index is 2.11. The lowest BCUT2D eigenvalue weighted by Crippen LogP contribution is -2.25. The van der Waals surface area contributed by atoms with Crippen molar-refractivity contribution in [1.29, 1.82) is 0 Å². The molecule has 4 heteroatoms. The van der Waals surface area contributed by atoms with Crippen molar-refractivity contribution in [2.24, 2.45) is 5.92 Å².